The highest BCUT2D eigenvalue weighted by molar-refractivity contribution is 7.17. The highest BCUT2D eigenvalue weighted by Gasteiger charge is 2.25. The smallest absolute Gasteiger partial charge is 0.270 e. The summed E-state index contributed by atoms with van der Waals surface area (Å²) in [7, 11) is 0. The molecule has 3 heterocycles. The van der Waals surface area contributed by atoms with Gasteiger partial charge >= 0.3 is 0 Å². The van der Waals surface area contributed by atoms with E-state index in [1.54, 1.807) is 22.3 Å². The van der Waals surface area contributed by atoms with Crippen LogP contribution >= 0.6 is 11.3 Å². The van der Waals surface area contributed by atoms with Gasteiger partial charge in [-0.25, -0.2) is 4.98 Å². The minimum atomic E-state index is -0.257. The number of nitrogens with one attached hydrogen (secondary N) is 1. The SMILES string of the molecule is CC(=O)N/C(=C\c1ccccc1)C(=O)N1CCN(c2nccc3sccc23)CC1. The van der Waals surface area contributed by atoms with Crippen LogP contribution in [0.25, 0.3) is 16.2 Å². The Hall–Kier alpha value is -3.19. The quantitative estimate of drug-likeness (QED) is 0.676. The first kappa shape index (κ1) is 19.1. The molecular weight excluding hydrogens is 384 g/mol. The maximum Gasteiger partial charge on any atom is 0.270 e. The number of nitrogens with zero attached hydrogens (tertiary/aromatic N) is 3. The lowest BCUT2D eigenvalue weighted by Gasteiger charge is -2.36. The predicted octanol–water partition coefficient (Wildman–Crippen LogP) is 3.12. The zero-order valence-electron chi connectivity index (χ0n) is 16.2. The zero-order chi connectivity index (χ0) is 20.2. The average molecular weight is 407 g/mol. The van der Waals surface area contributed by atoms with E-state index in [1.807, 2.05) is 42.6 Å². The molecule has 1 aliphatic heterocycles. The van der Waals surface area contributed by atoms with Gasteiger partial charge in [-0.3, -0.25) is 9.59 Å². The number of hydrogen-bond acceptors (Lipinski definition) is 5. The first-order chi connectivity index (χ1) is 14.1. The van der Waals surface area contributed by atoms with E-state index in [-0.39, 0.29) is 11.8 Å². The number of aromatic nitrogens is 1. The Morgan fingerprint density at radius 1 is 1.07 bits per heavy atom. The molecule has 1 fully saturated rings. The molecule has 1 aliphatic rings. The molecule has 1 saturated heterocycles. The van der Waals surface area contributed by atoms with Gasteiger partial charge in [0, 0.05) is 49.4 Å². The minimum absolute atomic E-state index is 0.162. The van der Waals surface area contributed by atoms with E-state index in [2.05, 4.69) is 26.6 Å². The second-order valence-electron chi connectivity index (χ2n) is 6.90. The van der Waals surface area contributed by atoms with Gasteiger partial charge in [-0.15, -0.1) is 11.3 Å². The fraction of sp³-hybridized carbons (Fsp3) is 0.227. The van der Waals surface area contributed by atoms with Gasteiger partial charge in [0.2, 0.25) is 5.91 Å². The van der Waals surface area contributed by atoms with Gasteiger partial charge in [-0.1, -0.05) is 30.3 Å². The number of thiophene rings is 1. The molecule has 0 spiro atoms. The molecule has 0 atom stereocenters. The highest BCUT2D eigenvalue weighted by Crippen LogP contribution is 2.29. The summed E-state index contributed by atoms with van der Waals surface area (Å²) in [5.41, 5.74) is 1.17. The van der Waals surface area contributed by atoms with Crippen molar-refractivity contribution in [1.29, 1.82) is 0 Å². The summed E-state index contributed by atoms with van der Waals surface area (Å²) in [6.45, 7) is 3.97. The van der Waals surface area contributed by atoms with Gasteiger partial charge in [0.1, 0.15) is 11.5 Å². The van der Waals surface area contributed by atoms with Crippen molar-refractivity contribution in [3.63, 3.8) is 0 Å². The van der Waals surface area contributed by atoms with Crippen LogP contribution in [0.15, 0.2) is 59.7 Å². The molecule has 148 valence electrons. The molecule has 1 N–H and O–H groups in total. The van der Waals surface area contributed by atoms with Gasteiger partial charge in [0.15, 0.2) is 0 Å². The van der Waals surface area contributed by atoms with Crippen LogP contribution in [0.4, 0.5) is 5.82 Å². The summed E-state index contributed by atoms with van der Waals surface area (Å²) in [5.74, 6) is 0.552. The van der Waals surface area contributed by atoms with E-state index in [9.17, 15) is 9.59 Å². The van der Waals surface area contributed by atoms with Crippen molar-refractivity contribution in [3.05, 3.63) is 65.3 Å². The number of pyridine rings is 1. The number of fused-ring (bicyclic) bond motifs is 1. The largest absolute Gasteiger partial charge is 0.353 e. The van der Waals surface area contributed by atoms with Crippen LogP contribution in [0, 0.1) is 0 Å². The lowest BCUT2D eigenvalue weighted by molar-refractivity contribution is -0.129. The van der Waals surface area contributed by atoms with E-state index in [0.717, 1.165) is 16.8 Å². The van der Waals surface area contributed by atoms with Crippen molar-refractivity contribution >= 4 is 45.1 Å². The van der Waals surface area contributed by atoms with Crippen molar-refractivity contribution in [1.82, 2.24) is 15.2 Å². The Morgan fingerprint density at radius 3 is 2.55 bits per heavy atom. The van der Waals surface area contributed by atoms with E-state index in [4.69, 9.17) is 0 Å². The van der Waals surface area contributed by atoms with Gasteiger partial charge in [0.05, 0.1) is 0 Å². The highest BCUT2D eigenvalue weighted by atomic mass is 32.1. The second-order valence-corrected chi connectivity index (χ2v) is 7.84. The fourth-order valence-corrected chi connectivity index (χ4v) is 4.26. The Balaban J connectivity index is 1.49. The first-order valence-electron chi connectivity index (χ1n) is 9.52. The molecule has 0 unspecified atom stereocenters. The summed E-state index contributed by atoms with van der Waals surface area (Å²) in [6, 6.07) is 13.6. The molecule has 0 saturated carbocycles. The predicted molar refractivity (Wildman–Crippen MR) is 117 cm³/mol. The molecule has 3 aromatic rings. The number of anilines is 1. The van der Waals surface area contributed by atoms with Gasteiger partial charge in [-0.2, -0.15) is 0 Å². The average Bonchev–Trinajstić information content (AvgIpc) is 3.22. The number of amides is 2. The van der Waals surface area contributed by atoms with Crippen LogP contribution in [0.5, 0.6) is 0 Å². The number of carbonyl (C=O) groups excluding carboxylic acids is 2. The Morgan fingerprint density at radius 2 is 1.83 bits per heavy atom. The maximum absolute atomic E-state index is 13.1. The summed E-state index contributed by atoms with van der Waals surface area (Å²) < 4.78 is 1.22. The molecule has 1 aromatic carbocycles. The summed E-state index contributed by atoms with van der Waals surface area (Å²) in [4.78, 5) is 33.3. The zero-order valence-corrected chi connectivity index (χ0v) is 17.0. The Kier molecular flexibility index (Phi) is 5.57. The van der Waals surface area contributed by atoms with E-state index < -0.39 is 0 Å². The van der Waals surface area contributed by atoms with E-state index >= 15 is 0 Å². The van der Waals surface area contributed by atoms with Crippen LogP contribution < -0.4 is 10.2 Å². The molecule has 0 aliphatic carbocycles. The van der Waals surface area contributed by atoms with E-state index in [1.165, 1.54) is 11.6 Å². The van der Waals surface area contributed by atoms with Gasteiger partial charge in [-0.05, 0) is 29.2 Å². The van der Waals surface area contributed by atoms with Crippen molar-refractivity contribution in [2.75, 3.05) is 31.1 Å². The van der Waals surface area contributed by atoms with Crippen LogP contribution in [0.2, 0.25) is 0 Å². The van der Waals surface area contributed by atoms with Gasteiger partial charge in [0.25, 0.3) is 5.91 Å². The minimum Gasteiger partial charge on any atom is -0.353 e. The molecule has 0 bridgehead atoms. The van der Waals surface area contributed by atoms with Gasteiger partial charge < -0.3 is 15.1 Å². The molecule has 6 nitrogen and oxygen atoms in total. The number of hydrogen-bond donors (Lipinski definition) is 1. The molecule has 7 heteroatoms. The molecule has 2 amide bonds. The normalized spacial score (nSPS) is 14.9. The third kappa shape index (κ3) is 4.30. The van der Waals surface area contributed by atoms with Crippen molar-refractivity contribution in [2.24, 2.45) is 0 Å². The third-order valence-corrected chi connectivity index (χ3v) is 5.76. The molecular formula is C22H22N4O2S. The number of rotatable bonds is 4. The van der Waals surface area contributed by atoms with Crippen molar-refractivity contribution in [2.45, 2.75) is 6.92 Å². The standard InChI is InChI=1S/C22H22N4O2S/c1-16(27)24-19(15-17-5-3-2-4-6-17)22(28)26-12-10-25(11-13-26)21-18-8-14-29-20(18)7-9-23-21/h2-9,14-15H,10-13H2,1H3,(H,24,27)/b19-15-. The fourth-order valence-electron chi connectivity index (χ4n) is 3.48. The van der Waals surface area contributed by atoms with E-state index in [0.29, 0.717) is 31.9 Å². The maximum atomic E-state index is 13.1. The summed E-state index contributed by atoms with van der Waals surface area (Å²) in [5, 5.41) is 5.92. The molecule has 29 heavy (non-hydrogen) atoms. The van der Waals surface area contributed by atoms with Crippen LogP contribution in [-0.2, 0) is 9.59 Å². The van der Waals surface area contributed by atoms with Crippen LogP contribution in [0.1, 0.15) is 12.5 Å². The molecule has 4 rings (SSSR count). The van der Waals surface area contributed by atoms with Crippen LogP contribution in [0.3, 0.4) is 0 Å². The Bertz CT molecular complexity index is 1050. The Labute approximate surface area is 173 Å². The third-order valence-electron chi connectivity index (χ3n) is 4.88. The monoisotopic (exact) mass is 406 g/mol. The summed E-state index contributed by atoms with van der Waals surface area (Å²) in [6.07, 6.45) is 3.56. The second kappa shape index (κ2) is 8.45. The lowest BCUT2D eigenvalue weighted by Crippen LogP contribution is -2.50. The first-order valence-corrected chi connectivity index (χ1v) is 10.4. The summed E-state index contributed by atoms with van der Waals surface area (Å²) >= 11 is 1.70. The van der Waals surface area contributed by atoms with Crippen molar-refractivity contribution < 1.29 is 9.59 Å². The number of benzene rings is 1. The van der Waals surface area contributed by atoms with Crippen molar-refractivity contribution in [3.8, 4) is 0 Å². The number of piperazine rings is 1. The molecule has 2 aromatic heterocycles. The van der Waals surface area contributed by atoms with Crippen LogP contribution in [-0.4, -0.2) is 47.9 Å². The molecule has 0 radical (unpaired) electrons. The lowest BCUT2D eigenvalue weighted by atomic mass is 10.1. The topological polar surface area (TPSA) is 65.5 Å². The number of carbonyl (C=O) groups is 2.